The van der Waals surface area contributed by atoms with Crippen molar-refractivity contribution in [3.63, 3.8) is 0 Å². The number of ether oxygens (including phenoxy) is 1. The lowest BCUT2D eigenvalue weighted by Crippen LogP contribution is -2.40. The van der Waals surface area contributed by atoms with Crippen LogP contribution in [0.25, 0.3) is 10.9 Å². The molecule has 0 aliphatic carbocycles. The Hall–Kier alpha value is -3.04. The summed E-state index contributed by atoms with van der Waals surface area (Å²) in [5, 5.41) is 17.7. The SMILES string of the molecule is CC(C)Cn1ncc2cc(Oc3ccc(F)cc3F)c(CC(=O)N[C@H](CO)CCN(C)C)cc21. The highest BCUT2D eigenvalue weighted by Gasteiger charge is 2.18. The molecule has 0 aliphatic rings. The van der Waals surface area contributed by atoms with E-state index in [-0.39, 0.29) is 36.5 Å². The van der Waals surface area contributed by atoms with Gasteiger partial charge in [-0.1, -0.05) is 13.8 Å². The highest BCUT2D eigenvalue weighted by Crippen LogP contribution is 2.32. The van der Waals surface area contributed by atoms with Crippen LogP contribution < -0.4 is 10.1 Å². The second kappa shape index (κ2) is 11.4. The first-order valence-electron chi connectivity index (χ1n) is 11.3. The van der Waals surface area contributed by atoms with Gasteiger partial charge in [-0.25, -0.2) is 8.78 Å². The topological polar surface area (TPSA) is 79.6 Å². The van der Waals surface area contributed by atoms with Crippen LogP contribution >= 0.6 is 0 Å². The highest BCUT2D eigenvalue weighted by atomic mass is 19.1. The standard InChI is InChI=1S/C25H32F2N4O3/c1-16(2)14-31-22-9-17(11-25(33)29-20(15-32)7-8-30(3)4)24(10-18(22)13-28-31)34-23-6-5-19(26)12-21(23)27/h5-6,9-10,12-13,16,20,32H,7-8,11,14-15H2,1-4H3,(H,29,33)/t20-/m0/s1. The molecule has 0 fully saturated rings. The van der Waals surface area contributed by atoms with E-state index in [9.17, 15) is 18.7 Å². The van der Waals surface area contributed by atoms with E-state index in [4.69, 9.17) is 4.74 Å². The first kappa shape index (κ1) is 25.6. The van der Waals surface area contributed by atoms with Crippen molar-refractivity contribution in [3.05, 3.63) is 53.7 Å². The lowest BCUT2D eigenvalue weighted by molar-refractivity contribution is -0.121. The molecule has 2 aromatic carbocycles. The van der Waals surface area contributed by atoms with Crippen LogP contribution in [0.3, 0.4) is 0 Å². The van der Waals surface area contributed by atoms with Crippen LogP contribution in [0.4, 0.5) is 8.78 Å². The molecule has 1 amide bonds. The molecule has 0 saturated carbocycles. The normalized spacial score (nSPS) is 12.5. The lowest BCUT2D eigenvalue weighted by atomic mass is 10.1. The van der Waals surface area contributed by atoms with E-state index in [1.807, 2.05) is 29.7 Å². The van der Waals surface area contributed by atoms with Gasteiger partial charge in [-0.15, -0.1) is 0 Å². The van der Waals surface area contributed by atoms with E-state index in [2.05, 4.69) is 24.3 Å². The number of halogens is 2. The first-order chi connectivity index (χ1) is 16.2. The zero-order chi connectivity index (χ0) is 24.8. The maximum absolute atomic E-state index is 14.3. The Kier molecular flexibility index (Phi) is 8.57. The Balaban J connectivity index is 1.92. The van der Waals surface area contributed by atoms with Gasteiger partial charge < -0.3 is 20.1 Å². The van der Waals surface area contributed by atoms with Gasteiger partial charge in [0.05, 0.1) is 30.8 Å². The summed E-state index contributed by atoms with van der Waals surface area (Å²) >= 11 is 0. The Bertz CT molecular complexity index is 1130. The van der Waals surface area contributed by atoms with Crippen LogP contribution in [0.1, 0.15) is 25.8 Å². The molecule has 0 aliphatic heterocycles. The van der Waals surface area contributed by atoms with E-state index < -0.39 is 11.6 Å². The fraction of sp³-hybridized carbons (Fsp3) is 0.440. The van der Waals surface area contributed by atoms with E-state index in [1.165, 1.54) is 6.07 Å². The number of nitrogens with zero attached hydrogens (tertiary/aromatic N) is 3. The van der Waals surface area contributed by atoms with Crippen LogP contribution in [0, 0.1) is 17.6 Å². The predicted octanol–water partition coefficient (Wildman–Crippen LogP) is 3.73. The number of carbonyl (C=O) groups is 1. The zero-order valence-electron chi connectivity index (χ0n) is 20.0. The lowest BCUT2D eigenvalue weighted by Gasteiger charge is -2.19. The number of hydrogen-bond donors (Lipinski definition) is 2. The van der Waals surface area contributed by atoms with Crippen LogP contribution in [0.5, 0.6) is 11.5 Å². The Labute approximate surface area is 198 Å². The molecule has 3 rings (SSSR count). The summed E-state index contributed by atoms with van der Waals surface area (Å²) in [5.41, 5.74) is 1.36. The van der Waals surface area contributed by atoms with E-state index in [0.717, 1.165) is 23.0 Å². The molecule has 0 saturated heterocycles. The molecule has 184 valence electrons. The molecule has 3 aromatic rings. The summed E-state index contributed by atoms with van der Waals surface area (Å²) in [5.74, 6) is -1.34. The maximum atomic E-state index is 14.3. The molecule has 7 nitrogen and oxygen atoms in total. The van der Waals surface area contributed by atoms with Crippen molar-refractivity contribution in [3.8, 4) is 11.5 Å². The van der Waals surface area contributed by atoms with Crippen molar-refractivity contribution in [2.45, 2.75) is 39.3 Å². The van der Waals surface area contributed by atoms with Crippen LogP contribution in [-0.2, 0) is 17.8 Å². The number of hydrogen-bond acceptors (Lipinski definition) is 5. The average Bonchev–Trinajstić information content (AvgIpc) is 3.13. The van der Waals surface area contributed by atoms with Gasteiger partial charge in [-0.3, -0.25) is 9.48 Å². The van der Waals surface area contributed by atoms with Gasteiger partial charge in [-0.2, -0.15) is 5.10 Å². The smallest absolute Gasteiger partial charge is 0.224 e. The molecule has 9 heteroatoms. The highest BCUT2D eigenvalue weighted by molar-refractivity contribution is 5.85. The summed E-state index contributed by atoms with van der Waals surface area (Å²) < 4.78 is 35.3. The largest absolute Gasteiger partial charge is 0.454 e. The Morgan fingerprint density at radius 3 is 2.62 bits per heavy atom. The molecule has 34 heavy (non-hydrogen) atoms. The number of nitrogens with one attached hydrogen (secondary N) is 1. The number of carbonyl (C=O) groups excluding carboxylic acids is 1. The van der Waals surface area contributed by atoms with Crippen molar-refractivity contribution < 1.29 is 23.4 Å². The van der Waals surface area contributed by atoms with Gasteiger partial charge in [0, 0.05) is 23.6 Å². The summed E-state index contributed by atoms with van der Waals surface area (Å²) in [6, 6.07) is 6.21. The molecule has 1 atom stereocenters. The zero-order valence-corrected chi connectivity index (χ0v) is 20.0. The monoisotopic (exact) mass is 474 g/mol. The van der Waals surface area contributed by atoms with Crippen LogP contribution in [0.2, 0.25) is 0 Å². The van der Waals surface area contributed by atoms with Crippen molar-refractivity contribution in [1.29, 1.82) is 0 Å². The van der Waals surface area contributed by atoms with E-state index >= 15 is 0 Å². The van der Waals surface area contributed by atoms with Gasteiger partial charge in [-0.05, 0) is 57.2 Å². The van der Waals surface area contributed by atoms with E-state index in [1.54, 1.807) is 12.3 Å². The number of rotatable bonds is 11. The predicted molar refractivity (Wildman–Crippen MR) is 127 cm³/mol. The third kappa shape index (κ3) is 6.74. The third-order valence-electron chi connectivity index (χ3n) is 5.34. The molecule has 0 unspecified atom stereocenters. The molecule has 1 heterocycles. The van der Waals surface area contributed by atoms with E-state index in [0.29, 0.717) is 31.0 Å². The summed E-state index contributed by atoms with van der Waals surface area (Å²) in [7, 11) is 3.84. The van der Waals surface area contributed by atoms with Gasteiger partial charge in [0.15, 0.2) is 11.6 Å². The van der Waals surface area contributed by atoms with Gasteiger partial charge in [0.25, 0.3) is 0 Å². The Morgan fingerprint density at radius 2 is 1.97 bits per heavy atom. The number of fused-ring (bicyclic) bond motifs is 1. The van der Waals surface area contributed by atoms with Crippen molar-refractivity contribution in [1.82, 2.24) is 20.0 Å². The summed E-state index contributed by atoms with van der Waals surface area (Å²) in [4.78, 5) is 14.8. The van der Waals surface area contributed by atoms with Gasteiger partial charge in [0.2, 0.25) is 5.91 Å². The fourth-order valence-corrected chi connectivity index (χ4v) is 3.62. The van der Waals surface area contributed by atoms with Crippen molar-refractivity contribution in [2.24, 2.45) is 5.92 Å². The Morgan fingerprint density at radius 1 is 1.21 bits per heavy atom. The number of aliphatic hydroxyl groups excluding tert-OH is 1. The fourth-order valence-electron chi connectivity index (χ4n) is 3.62. The average molecular weight is 475 g/mol. The van der Waals surface area contributed by atoms with Gasteiger partial charge >= 0.3 is 0 Å². The molecule has 0 spiro atoms. The van der Waals surface area contributed by atoms with Crippen LogP contribution in [-0.4, -0.2) is 59.0 Å². The molecule has 0 bridgehead atoms. The van der Waals surface area contributed by atoms with Gasteiger partial charge in [0.1, 0.15) is 11.6 Å². The number of benzene rings is 2. The molecule has 0 radical (unpaired) electrons. The second-order valence-electron chi connectivity index (χ2n) is 9.13. The summed E-state index contributed by atoms with van der Waals surface area (Å²) in [6.07, 6.45) is 2.25. The molecule has 1 aromatic heterocycles. The number of amides is 1. The third-order valence-corrected chi connectivity index (χ3v) is 5.34. The number of aromatic nitrogens is 2. The molecule has 2 N–H and O–H groups in total. The summed E-state index contributed by atoms with van der Waals surface area (Å²) in [6.45, 7) is 5.39. The van der Waals surface area contributed by atoms with Crippen molar-refractivity contribution in [2.75, 3.05) is 27.2 Å². The number of aliphatic hydroxyl groups is 1. The second-order valence-corrected chi connectivity index (χ2v) is 9.13. The minimum atomic E-state index is -0.838. The molecular weight excluding hydrogens is 442 g/mol. The molecular formula is C25H32F2N4O3. The first-order valence-corrected chi connectivity index (χ1v) is 11.3. The van der Waals surface area contributed by atoms with Crippen molar-refractivity contribution >= 4 is 16.8 Å². The maximum Gasteiger partial charge on any atom is 0.224 e. The minimum Gasteiger partial charge on any atom is -0.454 e. The quantitative estimate of drug-likeness (QED) is 0.443. The van der Waals surface area contributed by atoms with Crippen LogP contribution in [0.15, 0.2) is 36.5 Å². The minimum absolute atomic E-state index is 0.0423.